The summed E-state index contributed by atoms with van der Waals surface area (Å²) in [6.07, 6.45) is 0. The Morgan fingerprint density at radius 3 is 0.500 bits per heavy atom. The molecule has 0 bridgehead atoms. The number of rotatable bonds is 0. The van der Waals surface area contributed by atoms with Crippen LogP contribution >= 0.6 is 0 Å². The van der Waals surface area contributed by atoms with Gasteiger partial charge in [0.25, 0.3) is 0 Å². The lowest BCUT2D eigenvalue weighted by Gasteiger charge is -0.413. The smallest absolute Gasteiger partial charge is 0.316 e. The van der Waals surface area contributed by atoms with Crippen LogP contribution < -0.4 is 0 Å². The van der Waals surface area contributed by atoms with Gasteiger partial charge in [0.15, 0.2) is 17.4 Å². The first-order chi connectivity index (χ1) is 0. The van der Waals surface area contributed by atoms with Gasteiger partial charge in [-0.3, -0.25) is 0 Å². The van der Waals surface area contributed by atoms with Crippen molar-refractivity contribution in [1.82, 2.24) is 0 Å². The molecule has 0 fully saturated rings. The highest BCUT2D eigenvalue weighted by Crippen LogP contribution is -0.286. The molecule has 0 saturated heterocycles. The molecule has 4 nitrogen and oxygen atoms in total. The van der Waals surface area contributed by atoms with Crippen molar-refractivity contribution in [3.63, 3.8) is 0 Å². The van der Waals surface area contributed by atoms with E-state index < -0.39 is 0 Å². The van der Waals surface area contributed by atoms with E-state index in [1.807, 2.05) is 0 Å². The van der Waals surface area contributed by atoms with E-state index in [1.54, 1.807) is 0 Å². The lowest BCUT2D eigenvalue weighted by molar-refractivity contribution is 0.823. The molecule has 0 rings (SSSR count). The second kappa shape index (κ2) is 125. The third kappa shape index (κ3) is 67.9. The van der Waals surface area contributed by atoms with E-state index >= 15 is 0 Å². The average Bonchev–Trinajstić information content (AvgIpc) is 0. The minimum Gasteiger partial charge on any atom is -0.412 e. The van der Waals surface area contributed by atoms with Crippen LogP contribution in [0.3, 0.4) is 0 Å². The van der Waals surface area contributed by atoms with Crippen LogP contribution in [-0.4, -0.2) is 62.3 Å². The predicted octanol–water partition coefficient (Wildman–Crippen LogP) is -5.40. The summed E-state index contributed by atoms with van der Waals surface area (Å²) in [6, 6.07) is 0. The Morgan fingerprint density at radius 2 is 0.500 bits per heavy atom. The van der Waals surface area contributed by atoms with E-state index in [0.29, 0.717) is 0 Å². The molecule has 0 heterocycles. The van der Waals surface area contributed by atoms with Crippen LogP contribution in [0.15, 0.2) is 0 Å². The van der Waals surface area contributed by atoms with Crippen LogP contribution in [0.4, 0.5) is 0 Å². The van der Waals surface area contributed by atoms with Gasteiger partial charge in [0.05, 0.1) is 0 Å². The first-order valence-corrected chi connectivity index (χ1v) is 0. The van der Waals surface area contributed by atoms with Crippen molar-refractivity contribution in [2.75, 3.05) is 0 Å². The molecule has 0 aliphatic heterocycles. The van der Waals surface area contributed by atoms with Crippen LogP contribution in [-0.2, 0) is 0 Å². The number of hydrogen-bond acceptors (Lipinski definition) is 0. The maximum Gasteiger partial charge on any atom is 0.316 e. The number of hydrogen-bond donors (Lipinski definition) is 0. The van der Waals surface area contributed by atoms with Gasteiger partial charge in [-0.25, -0.2) is 0 Å². The average molecular weight is 128 g/mol. The van der Waals surface area contributed by atoms with Crippen LogP contribution in [0.1, 0.15) is 0 Å². The maximum absolute atomic E-state index is 0. The SMILES string of the molecule is O.O.O.O.[AlH3].[MgH2]. The topological polar surface area (TPSA) is 126 Å². The molecule has 0 aromatic carbocycles. The Bertz CT molecular complexity index is 7.51. The highest BCUT2D eigenvalue weighted by Gasteiger charge is 0.316. The van der Waals surface area contributed by atoms with Gasteiger partial charge >= 0.3 is 23.1 Å². The first kappa shape index (κ1) is 207. The van der Waals surface area contributed by atoms with Crippen molar-refractivity contribution in [2.45, 2.75) is 0 Å². The fraction of sp³-hybridized carbons (Fsp3) is 0. The zero-order valence-corrected chi connectivity index (χ0v) is 2.00. The summed E-state index contributed by atoms with van der Waals surface area (Å²) in [5.41, 5.74) is 0. The van der Waals surface area contributed by atoms with Gasteiger partial charge in [-0.15, -0.1) is 0 Å². The summed E-state index contributed by atoms with van der Waals surface area (Å²) in [6.45, 7) is 0. The normalized spacial score (nSPS) is 0. The lowest BCUT2D eigenvalue weighted by atomic mass is 16.0. The Morgan fingerprint density at radius 1 is 0.500 bits per heavy atom. The van der Waals surface area contributed by atoms with E-state index in [-0.39, 0.29) is 62.3 Å². The van der Waals surface area contributed by atoms with Gasteiger partial charge in [0.1, 0.15) is 0 Å². The van der Waals surface area contributed by atoms with Gasteiger partial charge in [-0.2, -0.15) is 0 Å². The van der Waals surface area contributed by atoms with Gasteiger partial charge < -0.3 is 21.9 Å². The van der Waals surface area contributed by atoms with Crippen LogP contribution in [0.2, 0.25) is 0 Å². The third-order valence-corrected chi connectivity index (χ3v) is 0. The summed E-state index contributed by atoms with van der Waals surface area (Å²) in [5, 5.41) is 0. The second-order valence-electron chi connectivity index (χ2n) is 0. The van der Waals surface area contributed by atoms with Crippen molar-refractivity contribution in [1.29, 1.82) is 0 Å². The highest BCUT2D eigenvalue weighted by atomic mass is 27.0. The summed E-state index contributed by atoms with van der Waals surface area (Å²) in [5.74, 6) is 0. The molecule has 0 radical (unpaired) electrons. The third-order valence-electron chi connectivity index (χ3n) is 0. The Hall–Kier alpha value is 1.14. The Kier molecular flexibility index (Phi) is 4320. The maximum atomic E-state index is 0. The van der Waals surface area contributed by atoms with Crippen molar-refractivity contribution in [2.24, 2.45) is 0 Å². The van der Waals surface area contributed by atoms with Crippen molar-refractivity contribution < 1.29 is 21.9 Å². The molecule has 0 aliphatic carbocycles. The zero-order chi connectivity index (χ0) is 0. The monoisotopic (exact) mass is 128 g/mol. The quantitative estimate of drug-likeness (QED) is 0.289. The molecule has 0 aromatic heterocycles. The van der Waals surface area contributed by atoms with Crippen LogP contribution in [0.25, 0.3) is 0 Å². The van der Waals surface area contributed by atoms with E-state index in [9.17, 15) is 0 Å². The fourth-order valence-electron chi connectivity index (χ4n) is 0. The molecule has 0 atom stereocenters. The van der Waals surface area contributed by atoms with E-state index in [4.69, 9.17) is 0 Å². The van der Waals surface area contributed by atoms with Gasteiger partial charge in [0, 0.05) is 0 Å². The summed E-state index contributed by atoms with van der Waals surface area (Å²) in [7, 11) is 0. The molecule has 0 spiro atoms. The molecular formula is H13AlMgO4. The van der Waals surface area contributed by atoms with Gasteiger partial charge in [-0.05, 0) is 0 Å². The summed E-state index contributed by atoms with van der Waals surface area (Å²) < 4.78 is 0. The highest BCUT2D eigenvalue weighted by molar-refractivity contribution is 5.76. The van der Waals surface area contributed by atoms with Crippen molar-refractivity contribution in [3.05, 3.63) is 0 Å². The fourth-order valence-corrected chi connectivity index (χ4v) is 0. The standard InChI is InChI=1S/Al.Mg.4H2O.5H/h;;4*1H2;;;;;. The molecule has 6 heteroatoms. The van der Waals surface area contributed by atoms with E-state index in [1.165, 1.54) is 0 Å². The van der Waals surface area contributed by atoms with Gasteiger partial charge in [0.2, 0.25) is 0 Å². The first-order valence-electron chi connectivity index (χ1n) is 0. The van der Waals surface area contributed by atoms with Crippen molar-refractivity contribution >= 4 is 40.4 Å². The minimum atomic E-state index is 0. The van der Waals surface area contributed by atoms with Crippen LogP contribution in [0.5, 0.6) is 0 Å². The van der Waals surface area contributed by atoms with E-state index in [2.05, 4.69) is 0 Å². The molecule has 0 saturated carbocycles. The molecule has 0 aliphatic rings. The Labute approximate surface area is 62.4 Å². The zero-order valence-electron chi connectivity index (χ0n) is 2.00. The molecular weight excluding hydrogens is 115 g/mol. The summed E-state index contributed by atoms with van der Waals surface area (Å²) >= 11 is 0. The molecule has 0 aromatic rings. The largest absolute Gasteiger partial charge is 0.412 e. The summed E-state index contributed by atoms with van der Waals surface area (Å²) in [4.78, 5) is 0. The molecule has 6 heavy (non-hydrogen) atoms. The minimum absolute atomic E-state index is 0. The van der Waals surface area contributed by atoms with Crippen molar-refractivity contribution in [3.8, 4) is 0 Å². The lowest BCUT2D eigenvalue weighted by Crippen LogP contribution is -0.382. The molecule has 8 N–H and O–H groups in total. The van der Waals surface area contributed by atoms with Crippen LogP contribution in [0, 0.1) is 0 Å². The Balaban J connectivity index is 0. The van der Waals surface area contributed by atoms with Gasteiger partial charge in [-0.1, -0.05) is 0 Å². The molecule has 0 unspecified atom stereocenters. The molecule has 42 valence electrons. The molecule has 0 amide bonds. The van der Waals surface area contributed by atoms with E-state index in [0.717, 1.165) is 0 Å². The predicted molar refractivity (Wildman–Crippen MR) is 32.9 cm³/mol. The second-order valence-corrected chi connectivity index (χ2v) is 0.